The molecule has 0 aromatic heterocycles. The second-order valence-electron chi connectivity index (χ2n) is 7.94. The first-order chi connectivity index (χ1) is 15.3. The van der Waals surface area contributed by atoms with Gasteiger partial charge in [0.05, 0.1) is 26.0 Å². The van der Waals surface area contributed by atoms with Gasteiger partial charge in [0.2, 0.25) is 0 Å². The summed E-state index contributed by atoms with van der Waals surface area (Å²) in [5, 5.41) is 8.95. The van der Waals surface area contributed by atoms with Crippen molar-refractivity contribution in [2.45, 2.75) is 32.4 Å². The second-order valence-corrected chi connectivity index (χ2v) is 7.94. The number of nitrogens with one attached hydrogen (secondary N) is 1. The number of amides is 3. The van der Waals surface area contributed by atoms with Crippen LogP contribution in [0.15, 0.2) is 53.6 Å². The van der Waals surface area contributed by atoms with Gasteiger partial charge in [-0.05, 0) is 31.5 Å². The van der Waals surface area contributed by atoms with Gasteiger partial charge in [0.1, 0.15) is 18.0 Å². The molecule has 170 valence electrons. The molecule has 3 rings (SSSR count). The van der Waals surface area contributed by atoms with Crippen molar-refractivity contribution in [2.24, 2.45) is 5.10 Å². The van der Waals surface area contributed by atoms with E-state index in [1.165, 1.54) is 9.91 Å². The third kappa shape index (κ3) is 5.19. The van der Waals surface area contributed by atoms with Crippen LogP contribution in [0, 0.1) is 0 Å². The minimum atomic E-state index is -0.301. The Kier molecular flexibility index (Phi) is 7.35. The van der Waals surface area contributed by atoms with Gasteiger partial charge in [-0.25, -0.2) is 9.80 Å². The Balaban J connectivity index is 1.90. The highest BCUT2D eigenvalue weighted by atomic mass is 16.5. The van der Waals surface area contributed by atoms with Crippen LogP contribution in [0.1, 0.15) is 37.4 Å². The zero-order valence-corrected chi connectivity index (χ0v) is 19.2. The van der Waals surface area contributed by atoms with Crippen LogP contribution in [0.25, 0.3) is 0 Å². The molecule has 1 heterocycles. The summed E-state index contributed by atoms with van der Waals surface area (Å²) >= 11 is 0. The number of hydrogen-bond acceptors (Lipinski definition) is 5. The lowest BCUT2D eigenvalue weighted by Gasteiger charge is -2.25. The van der Waals surface area contributed by atoms with E-state index in [0.29, 0.717) is 17.9 Å². The van der Waals surface area contributed by atoms with Gasteiger partial charge in [-0.1, -0.05) is 30.3 Å². The highest BCUT2D eigenvalue weighted by Crippen LogP contribution is 2.36. The molecule has 0 saturated carbocycles. The van der Waals surface area contributed by atoms with E-state index in [1.807, 2.05) is 56.3 Å². The second kappa shape index (κ2) is 10.2. The standard InChI is InChI=1S/C24H30N4O4/c1-16(2)25-24(30)27(3)15-23(29)28-21(17-9-7-6-8-10-17)14-20(26-28)19-12-11-18(31-4)13-22(19)32-5/h6-13,16,21H,14-15H2,1-5H3,(H,25,30). The van der Waals surface area contributed by atoms with Crippen LogP contribution >= 0.6 is 0 Å². The molecule has 2 aromatic carbocycles. The van der Waals surface area contributed by atoms with E-state index in [1.54, 1.807) is 27.3 Å². The van der Waals surface area contributed by atoms with Crippen molar-refractivity contribution >= 4 is 17.6 Å². The van der Waals surface area contributed by atoms with Crippen LogP contribution in [-0.4, -0.2) is 61.4 Å². The molecule has 3 amide bonds. The third-order valence-electron chi connectivity index (χ3n) is 5.20. The molecule has 1 N–H and O–H groups in total. The van der Waals surface area contributed by atoms with Crippen molar-refractivity contribution in [1.29, 1.82) is 0 Å². The number of nitrogens with zero attached hydrogens (tertiary/aromatic N) is 3. The number of benzene rings is 2. The van der Waals surface area contributed by atoms with Crippen molar-refractivity contribution in [3.63, 3.8) is 0 Å². The molecule has 0 radical (unpaired) electrons. The predicted molar refractivity (Wildman–Crippen MR) is 123 cm³/mol. The largest absolute Gasteiger partial charge is 0.497 e. The zero-order valence-electron chi connectivity index (χ0n) is 19.2. The van der Waals surface area contributed by atoms with Crippen molar-refractivity contribution in [3.05, 3.63) is 59.7 Å². The van der Waals surface area contributed by atoms with Crippen molar-refractivity contribution in [2.75, 3.05) is 27.8 Å². The summed E-state index contributed by atoms with van der Waals surface area (Å²) in [4.78, 5) is 26.8. The molecule has 1 unspecified atom stereocenters. The molecule has 8 heteroatoms. The number of carbonyl (C=O) groups excluding carboxylic acids is 2. The summed E-state index contributed by atoms with van der Waals surface area (Å²) in [5.74, 6) is 1.04. The molecule has 1 aliphatic rings. The minimum Gasteiger partial charge on any atom is -0.497 e. The van der Waals surface area contributed by atoms with E-state index in [-0.39, 0.29) is 30.6 Å². The van der Waals surface area contributed by atoms with Crippen LogP contribution in [0.4, 0.5) is 4.79 Å². The molecule has 0 bridgehead atoms. The maximum atomic E-state index is 13.2. The number of hydrazone groups is 1. The number of urea groups is 1. The van der Waals surface area contributed by atoms with E-state index in [0.717, 1.165) is 16.8 Å². The normalized spacial score (nSPS) is 15.4. The lowest BCUT2D eigenvalue weighted by Crippen LogP contribution is -2.45. The lowest BCUT2D eigenvalue weighted by atomic mass is 9.98. The molecule has 0 saturated heterocycles. The van der Waals surface area contributed by atoms with E-state index in [4.69, 9.17) is 9.47 Å². The van der Waals surface area contributed by atoms with E-state index in [9.17, 15) is 9.59 Å². The van der Waals surface area contributed by atoms with Crippen molar-refractivity contribution in [1.82, 2.24) is 15.2 Å². The van der Waals surface area contributed by atoms with E-state index < -0.39 is 0 Å². The Hall–Kier alpha value is -3.55. The van der Waals surface area contributed by atoms with Crippen LogP contribution in [-0.2, 0) is 4.79 Å². The number of rotatable bonds is 7. The quantitative estimate of drug-likeness (QED) is 0.718. The van der Waals surface area contributed by atoms with Gasteiger partial charge in [0.25, 0.3) is 5.91 Å². The zero-order chi connectivity index (χ0) is 23.3. The van der Waals surface area contributed by atoms with Crippen molar-refractivity contribution in [3.8, 4) is 11.5 Å². The first-order valence-corrected chi connectivity index (χ1v) is 10.5. The lowest BCUT2D eigenvalue weighted by molar-refractivity contribution is -0.133. The molecule has 8 nitrogen and oxygen atoms in total. The highest BCUT2D eigenvalue weighted by molar-refractivity contribution is 6.05. The fourth-order valence-corrected chi connectivity index (χ4v) is 3.58. The Bertz CT molecular complexity index is 991. The first kappa shape index (κ1) is 23.1. The molecular formula is C24H30N4O4. The highest BCUT2D eigenvalue weighted by Gasteiger charge is 2.34. The van der Waals surface area contributed by atoms with Gasteiger partial charge < -0.3 is 19.7 Å². The van der Waals surface area contributed by atoms with Gasteiger partial charge >= 0.3 is 6.03 Å². The Morgan fingerprint density at radius 3 is 2.50 bits per heavy atom. The van der Waals surface area contributed by atoms with Gasteiger partial charge in [0, 0.05) is 31.1 Å². The first-order valence-electron chi connectivity index (χ1n) is 10.5. The summed E-state index contributed by atoms with van der Waals surface area (Å²) in [7, 11) is 4.79. The maximum absolute atomic E-state index is 13.2. The summed E-state index contributed by atoms with van der Waals surface area (Å²) < 4.78 is 10.8. The van der Waals surface area contributed by atoms with Crippen LogP contribution in [0.3, 0.4) is 0 Å². The minimum absolute atomic E-state index is 0.0175. The summed E-state index contributed by atoms with van der Waals surface area (Å²) in [6.45, 7) is 3.66. The van der Waals surface area contributed by atoms with Crippen LogP contribution in [0.5, 0.6) is 11.5 Å². The maximum Gasteiger partial charge on any atom is 0.317 e. The SMILES string of the molecule is COc1ccc(C2=NN(C(=O)CN(C)C(=O)NC(C)C)C(c3ccccc3)C2)c(OC)c1. The predicted octanol–water partition coefficient (Wildman–Crippen LogP) is 3.43. The number of likely N-dealkylation sites (N-methyl/N-ethyl adjacent to an activating group) is 1. The Morgan fingerprint density at radius 2 is 1.88 bits per heavy atom. The van der Waals surface area contributed by atoms with Crippen LogP contribution in [0.2, 0.25) is 0 Å². The summed E-state index contributed by atoms with van der Waals surface area (Å²) in [6, 6.07) is 14.7. The number of carbonyl (C=O) groups is 2. The topological polar surface area (TPSA) is 83.5 Å². The summed E-state index contributed by atoms with van der Waals surface area (Å²) in [6.07, 6.45) is 0.528. The molecule has 32 heavy (non-hydrogen) atoms. The molecule has 0 spiro atoms. The van der Waals surface area contributed by atoms with Crippen LogP contribution < -0.4 is 14.8 Å². The molecule has 2 aromatic rings. The van der Waals surface area contributed by atoms with Gasteiger partial charge in [0.15, 0.2) is 0 Å². The Labute approximate surface area is 188 Å². The number of methoxy groups -OCH3 is 2. The fraction of sp³-hybridized carbons (Fsp3) is 0.375. The molecule has 0 aliphatic carbocycles. The Morgan fingerprint density at radius 1 is 1.16 bits per heavy atom. The molecule has 0 fully saturated rings. The van der Waals surface area contributed by atoms with E-state index >= 15 is 0 Å². The number of ether oxygens (including phenoxy) is 2. The molecule has 1 atom stereocenters. The smallest absolute Gasteiger partial charge is 0.317 e. The van der Waals surface area contributed by atoms with Crippen molar-refractivity contribution < 1.29 is 19.1 Å². The van der Waals surface area contributed by atoms with E-state index in [2.05, 4.69) is 10.4 Å². The summed E-state index contributed by atoms with van der Waals surface area (Å²) in [5.41, 5.74) is 2.51. The van der Waals surface area contributed by atoms with Gasteiger partial charge in [-0.2, -0.15) is 5.10 Å². The molecule has 1 aliphatic heterocycles. The molecular weight excluding hydrogens is 408 g/mol. The van der Waals surface area contributed by atoms with Gasteiger partial charge in [-0.15, -0.1) is 0 Å². The monoisotopic (exact) mass is 438 g/mol. The van der Waals surface area contributed by atoms with Gasteiger partial charge in [-0.3, -0.25) is 4.79 Å². The fourth-order valence-electron chi connectivity index (χ4n) is 3.58. The third-order valence-corrected chi connectivity index (χ3v) is 5.20. The number of hydrogen-bond donors (Lipinski definition) is 1. The average Bonchev–Trinajstić information content (AvgIpc) is 3.24. The average molecular weight is 439 g/mol.